The number of methoxy groups -OCH3 is 1. The van der Waals surface area contributed by atoms with Crippen molar-refractivity contribution in [2.24, 2.45) is 5.41 Å². The molecule has 1 aliphatic rings. The zero-order valence-electron chi connectivity index (χ0n) is 9.11. The number of allylic oxidation sites excluding steroid dienone is 5. The number of carbonyl (C=O) groups excluding carboxylic acids is 2. The smallest absolute Gasteiger partial charge is 0.330 e. The van der Waals surface area contributed by atoms with Gasteiger partial charge in [0, 0.05) is 17.1 Å². The van der Waals surface area contributed by atoms with Crippen molar-refractivity contribution in [3.63, 3.8) is 0 Å². The summed E-state index contributed by atoms with van der Waals surface area (Å²) in [5.74, 6) is -0.550. The van der Waals surface area contributed by atoms with E-state index >= 15 is 0 Å². The first-order valence-corrected chi connectivity index (χ1v) is 4.67. The first kappa shape index (κ1) is 11.4. The molecule has 80 valence electrons. The lowest BCUT2D eigenvalue weighted by Gasteiger charge is -2.19. The fraction of sp³-hybridized carbons (Fsp3) is 0.333. The third-order valence-electron chi connectivity index (χ3n) is 2.08. The molecular formula is C12H14O3. The van der Waals surface area contributed by atoms with Crippen molar-refractivity contribution in [2.75, 3.05) is 7.11 Å². The van der Waals surface area contributed by atoms with Gasteiger partial charge in [0.1, 0.15) is 0 Å². The molecule has 0 N–H and O–H groups in total. The molecule has 0 saturated heterocycles. The summed E-state index contributed by atoms with van der Waals surface area (Å²) in [6.45, 7) is 3.98. The predicted octanol–water partition coefficient (Wildman–Crippen LogP) is 1.81. The molecule has 0 fully saturated rings. The van der Waals surface area contributed by atoms with Crippen molar-refractivity contribution in [3.8, 4) is 0 Å². The largest absolute Gasteiger partial charge is 0.466 e. The van der Waals surface area contributed by atoms with Crippen molar-refractivity contribution in [1.29, 1.82) is 0 Å². The maximum Gasteiger partial charge on any atom is 0.330 e. The molecule has 0 aromatic heterocycles. The second kappa shape index (κ2) is 4.26. The van der Waals surface area contributed by atoms with Gasteiger partial charge in [0.25, 0.3) is 0 Å². The lowest BCUT2D eigenvalue weighted by Crippen LogP contribution is -2.13. The maximum absolute atomic E-state index is 11.4. The van der Waals surface area contributed by atoms with Gasteiger partial charge in [-0.1, -0.05) is 26.0 Å². The van der Waals surface area contributed by atoms with Crippen LogP contribution in [0.15, 0.2) is 36.0 Å². The van der Waals surface area contributed by atoms with Gasteiger partial charge in [-0.15, -0.1) is 0 Å². The molecule has 0 spiro atoms. The number of ketones is 1. The van der Waals surface area contributed by atoms with Crippen molar-refractivity contribution >= 4 is 11.8 Å². The predicted molar refractivity (Wildman–Crippen MR) is 57.2 cm³/mol. The van der Waals surface area contributed by atoms with Crippen LogP contribution in [0, 0.1) is 5.41 Å². The van der Waals surface area contributed by atoms with Crippen LogP contribution in [0.4, 0.5) is 0 Å². The quantitative estimate of drug-likeness (QED) is 0.511. The van der Waals surface area contributed by atoms with Crippen molar-refractivity contribution in [1.82, 2.24) is 0 Å². The van der Waals surface area contributed by atoms with Crippen molar-refractivity contribution in [3.05, 3.63) is 36.0 Å². The molecule has 0 aliphatic heterocycles. The van der Waals surface area contributed by atoms with Crippen LogP contribution in [-0.2, 0) is 14.3 Å². The minimum Gasteiger partial charge on any atom is -0.466 e. The first-order chi connectivity index (χ1) is 6.94. The number of esters is 1. The number of hydrogen-bond donors (Lipinski definition) is 0. The summed E-state index contributed by atoms with van der Waals surface area (Å²) in [7, 11) is 1.30. The Labute approximate surface area is 89.1 Å². The van der Waals surface area contributed by atoms with E-state index in [1.807, 2.05) is 26.0 Å². The van der Waals surface area contributed by atoms with Gasteiger partial charge in [0.15, 0.2) is 5.78 Å². The van der Waals surface area contributed by atoms with Crippen LogP contribution in [0.1, 0.15) is 13.8 Å². The summed E-state index contributed by atoms with van der Waals surface area (Å²) in [6.07, 6.45) is 7.93. The summed E-state index contributed by atoms with van der Waals surface area (Å²) < 4.78 is 4.45. The van der Waals surface area contributed by atoms with Gasteiger partial charge >= 0.3 is 5.97 Å². The van der Waals surface area contributed by atoms with Crippen molar-refractivity contribution < 1.29 is 14.3 Å². The van der Waals surface area contributed by atoms with Crippen LogP contribution in [0.25, 0.3) is 0 Å². The lowest BCUT2D eigenvalue weighted by atomic mass is 9.85. The summed E-state index contributed by atoms with van der Waals surface area (Å²) in [6, 6.07) is 0. The van der Waals surface area contributed by atoms with E-state index < -0.39 is 5.97 Å². The Morgan fingerprint density at radius 3 is 2.73 bits per heavy atom. The van der Waals surface area contributed by atoms with E-state index in [1.54, 1.807) is 0 Å². The van der Waals surface area contributed by atoms with E-state index in [0.717, 1.165) is 0 Å². The Kier molecular flexibility index (Phi) is 3.24. The number of hydrogen-bond acceptors (Lipinski definition) is 3. The zero-order chi connectivity index (χ0) is 11.5. The van der Waals surface area contributed by atoms with Gasteiger partial charge in [0.2, 0.25) is 0 Å². The monoisotopic (exact) mass is 206 g/mol. The standard InChI is InChI=1S/C12H14O3/c1-12(2)7-6-10(13)9(8-12)4-5-11(14)15-3/h4-8H,1-3H3/b5-4-. The molecule has 0 saturated carbocycles. The highest BCUT2D eigenvalue weighted by Crippen LogP contribution is 2.26. The van der Waals surface area contributed by atoms with Gasteiger partial charge in [-0.2, -0.15) is 0 Å². The van der Waals surface area contributed by atoms with Crippen LogP contribution in [0.3, 0.4) is 0 Å². The van der Waals surface area contributed by atoms with E-state index in [1.165, 1.54) is 25.3 Å². The highest BCUT2D eigenvalue weighted by atomic mass is 16.5. The van der Waals surface area contributed by atoms with Crippen LogP contribution in [0.2, 0.25) is 0 Å². The topological polar surface area (TPSA) is 43.4 Å². The van der Waals surface area contributed by atoms with Crippen LogP contribution < -0.4 is 0 Å². The second-order valence-corrected chi connectivity index (χ2v) is 3.98. The molecule has 15 heavy (non-hydrogen) atoms. The normalized spacial score (nSPS) is 19.1. The summed E-state index contributed by atoms with van der Waals surface area (Å²) in [5, 5.41) is 0. The second-order valence-electron chi connectivity index (χ2n) is 3.98. The number of rotatable bonds is 2. The minimum absolute atomic E-state index is 0.0884. The van der Waals surface area contributed by atoms with E-state index in [0.29, 0.717) is 5.57 Å². The summed E-state index contributed by atoms with van der Waals surface area (Å²) in [4.78, 5) is 22.3. The molecule has 3 nitrogen and oxygen atoms in total. The maximum atomic E-state index is 11.4. The Balaban J connectivity index is 2.86. The Bertz CT molecular complexity index is 370. The molecule has 0 radical (unpaired) electrons. The highest BCUT2D eigenvalue weighted by molar-refractivity contribution is 6.07. The van der Waals surface area contributed by atoms with Gasteiger partial charge in [-0.3, -0.25) is 4.79 Å². The van der Waals surface area contributed by atoms with Gasteiger partial charge < -0.3 is 4.74 Å². The molecule has 0 aromatic carbocycles. The molecule has 0 amide bonds. The number of carbonyl (C=O) groups is 2. The number of ether oxygens (including phenoxy) is 1. The van der Waals surface area contributed by atoms with Gasteiger partial charge in [-0.25, -0.2) is 4.79 Å². The fourth-order valence-corrected chi connectivity index (χ4v) is 1.26. The Morgan fingerprint density at radius 1 is 1.47 bits per heavy atom. The molecule has 0 aromatic rings. The summed E-state index contributed by atoms with van der Waals surface area (Å²) in [5.41, 5.74) is 0.372. The van der Waals surface area contributed by atoms with Gasteiger partial charge in [0.05, 0.1) is 7.11 Å². The molecule has 0 unspecified atom stereocenters. The zero-order valence-corrected chi connectivity index (χ0v) is 9.11. The molecule has 0 atom stereocenters. The van der Waals surface area contributed by atoms with E-state index in [9.17, 15) is 9.59 Å². The molecule has 0 heterocycles. The van der Waals surface area contributed by atoms with E-state index in [-0.39, 0.29) is 11.2 Å². The average molecular weight is 206 g/mol. The first-order valence-electron chi connectivity index (χ1n) is 4.67. The highest BCUT2D eigenvalue weighted by Gasteiger charge is 2.18. The SMILES string of the molecule is COC(=O)/C=C\C1=CC(C)(C)C=CC1=O. The molecule has 3 heteroatoms. The van der Waals surface area contributed by atoms with E-state index in [2.05, 4.69) is 4.74 Å². The molecule has 0 bridgehead atoms. The minimum atomic E-state index is -0.462. The fourth-order valence-electron chi connectivity index (χ4n) is 1.26. The van der Waals surface area contributed by atoms with Crippen LogP contribution in [0.5, 0.6) is 0 Å². The van der Waals surface area contributed by atoms with Crippen LogP contribution >= 0.6 is 0 Å². The van der Waals surface area contributed by atoms with Crippen molar-refractivity contribution in [2.45, 2.75) is 13.8 Å². The average Bonchev–Trinajstić information content (AvgIpc) is 2.19. The molecule has 1 aliphatic carbocycles. The van der Waals surface area contributed by atoms with E-state index in [4.69, 9.17) is 0 Å². The lowest BCUT2D eigenvalue weighted by molar-refractivity contribution is -0.134. The Morgan fingerprint density at radius 2 is 2.13 bits per heavy atom. The van der Waals surface area contributed by atoms with Gasteiger partial charge in [-0.05, 0) is 12.2 Å². The molecular weight excluding hydrogens is 192 g/mol. The Hall–Kier alpha value is -1.64. The summed E-state index contributed by atoms with van der Waals surface area (Å²) >= 11 is 0. The van der Waals surface area contributed by atoms with Crippen LogP contribution in [-0.4, -0.2) is 18.9 Å². The molecule has 1 rings (SSSR count). The third kappa shape index (κ3) is 3.20. The third-order valence-corrected chi connectivity index (χ3v) is 2.08.